The Morgan fingerprint density at radius 2 is 1.95 bits per heavy atom. The van der Waals surface area contributed by atoms with Crippen molar-refractivity contribution in [2.75, 3.05) is 18.4 Å². The maximum absolute atomic E-state index is 13.9. The number of thiazole rings is 1. The predicted molar refractivity (Wildman–Crippen MR) is 163 cm³/mol. The molecule has 0 radical (unpaired) electrons. The van der Waals surface area contributed by atoms with Gasteiger partial charge in [-0.05, 0) is 68.9 Å². The molecule has 1 aliphatic carbocycles. The lowest BCUT2D eigenvalue weighted by Gasteiger charge is -2.33. The first-order valence-corrected chi connectivity index (χ1v) is 15.7. The summed E-state index contributed by atoms with van der Waals surface area (Å²) in [7, 11) is 0. The minimum absolute atomic E-state index is 0.120. The summed E-state index contributed by atoms with van der Waals surface area (Å²) in [4.78, 5) is 35.5. The average molecular weight is 550 g/mol. The van der Waals surface area contributed by atoms with Crippen LogP contribution in [0.1, 0.15) is 95.0 Å². The molecule has 3 heterocycles. The molecule has 1 fully saturated rings. The monoisotopic (exact) mass is 549 g/mol. The standard InChI is InChI=1S/C31H43N5O2S/c1-5-17-35(18-9-10-20(3)4)31-32-19-23-27(37)26(29(38)33-22-15-13-21(6-2)14-16-22)30-36(28(23)34-31)24-11-7-8-12-25(24)39-30/h7-8,11-12,19-22,31,34H,5-6,9-10,13-18H2,1-4H3,(H,33,38). The minimum atomic E-state index is -0.261. The Morgan fingerprint density at radius 3 is 2.67 bits per heavy atom. The van der Waals surface area contributed by atoms with Crippen LogP contribution < -0.4 is 16.1 Å². The van der Waals surface area contributed by atoms with E-state index < -0.39 is 0 Å². The molecule has 0 saturated heterocycles. The van der Waals surface area contributed by atoms with Crippen LogP contribution in [0.5, 0.6) is 0 Å². The quantitative estimate of drug-likeness (QED) is 0.303. The van der Waals surface area contributed by atoms with Crippen LogP contribution in [0.4, 0.5) is 5.82 Å². The normalized spacial score (nSPS) is 21.0. The second-order valence-corrected chi connectivity index (χ2v) is 12.7. The van der Waals surface area contributed by atoms with Crippen LogP contribution in [-0.4, -0.2) is 46.8 Å². The summed E-state index contributed by atoms with van der Waals surface area (Å²) in [5.41, 5.74) is 1.45. The number of carbonyl (C=O) groups excluding carboxylic acids is 1. The zero-order valence-electron chi connectivity index (χ0n) is 23.8. The lowest BCUT2D eigenvalue weighted by molar-refractivity contribution is 0.0922. The van der Waals surface area contributed by atoms with Crippen LogP contribution in [0.25, 0.3) is 15.0 Å². The molecule has 39 heavy (non-hydrogen) atoms. The molecule has 1 amide bonds. The number of anilines is 1. The van der Waals surface area contributed by atoms with E-state index in [1.165, 1.54) is 24.2 Å². The van der Waals surface area contributed by atoms with Crippen LogP contribution in [0.2, 0.25) is 0 Å². The van der Waals surface area contributed by atoms with Crippen molar-refractivity contribution >= 4 is 44.3 Å². The van der Waals surface area contributed by atoms with Gasteiger partial charge in [-0.25, -0.2) is 0 Å². The van der Waals surface area contributed by atoms with Crippen molar-refractivity contribution < 1.29 is 4.79 Å². The van der Waals surface area contributed by atoms with E-state index in [1.54, 1.807) is 6.21 Å². The molecule has 2 N–H and O–H groups in total. The average Bonchev–Trinajstić information content (AvgIpc) is 3.32. The molecule has 1 atom stereocenters. The molecule has 3 aromatic rings. The molecule has 0 spiro atoms. The highest BCUT2D eigenvalue weighted by Gasteiger charge is 2.31. The van der Waals surface area contributed by atoms with Crippen molar-refractivity contribution in [2.45, 2.75) is 91.4 Å². The molecular weight excluding hydrogens is 506 g/mol. The number of para-hydroxylation sites is 1. The first-order valence-electron chi connectivity index (χ1n) is 14.9. The third-order valence-electron chi connectivity index (χ3n) is 8.36. The SMILES string of the molecule is CCCN(CCCC(C)C)C1N=Cc2c(n3c(sc4ccccc43)c(C(=O)NC3CCC(CC)CC3)c2=O)N1. The number of nitrogens with zero attached hydrogens (tertiary/aromatic N) is 3. The fraction of sp³-hybridized carbons (Fsp3) is 0.581. The van der Waals surface area contributed by atoms with Gasteiger partial charge in [0.2, 0.25) is 5.43 Å². The van der Waals surface area contributed by atoms with Crippen LogP contribution in [0.3, 0.4) is 0 Å². The highest BCUT2D eigenvalue weighted by molar-refractivity contribution is 7.24. The van der Waals surface area contributed by atoms with Crippen molar-refractivity contribution in [1.29, 1.82) is 0 Å². The van der Waals surface area contributed by atoms with E-state index in [2.05, 4.69) is 59.8 Å². The molecule has 2 aromatic heterocycles. The number of hydrogen-bond acceptors (Lipinski definition) is 6. The largest absolute Gasteiger partial charge is 0.349 e. The Kier molecular flexibility index (Phi) is 8.72. The van der Waals surface area contributed by atoms with Crippen molar-refractivity contribution in [3.8, 4) is 0 Å². The molecule has 1 saturated carbocycles. The highest BCUT2D eigenvalue weighted by atomic mass is 32.1. The smallest absolute Gasteiger partial charge is 0.258 e. The van der Waals surface area contributed by atoms with Gasteiger partial charge in [0.05, 0.1) is 15.8 Å². The van der Waals surface area contributed by atoms with Crippen molar-refractivity contribution in [2.24, 2.45) is 16.8 Å². The second kappa shape index (κ2) is 12.2. The van der Waals surface area contributed by atoms with Gasteiger partial charge in [-0.3, -0.25) is 23.9 Å². The summed E-state index contributed by atoms with van der Waals surface area (Å²) in [5, 5.41) is 6.83. The van der Waals surface area contributed by atoms with E-state index in [4.69, 9.17) is 4.99 Å². The van der Waals surface area contributed by atoms with Gasteiger partial charge in [0, 0.05) is 25.3 Å². The molecule has 0 bridgehead atoms. The zero-order valence-corrected chi connectivity index (χ0v) is 24.7. The number of pyridine rings is 1. The van der Waals surface area contributed by atoms with Gasteiger partial charge in [0.1, 0.15) is 16.2 Å². The molecule has 8 heteroatoms. The van der Waals surface area contributed by atoms with Crippen LogP contribution in [0, 0.1) is 11.8 Å². The number of carbonyl (C=O) groups is 1. The summed E-state index contributed by atoms with van der Waals surface area (Å²) in [5.74, 6) is 1.88. The first kappa shape index (κ1) is 27.8. The first-order chi connectivity index (χ1) is 18.9. The number of rotatable bonds is 10. The fourth-order valence-corrected chi connectivity index (χ4v) is 7.29. The number of aliphatic imine (C=N–C) groups is 1. The lowest BCUT2D eigenvalue weighted by atomic mass is 9.84. The topological polar surface area (TPSA) is 78.2 Å². The van der Waals surface area contributed by atoms with Gasteiger partial charge in [0.15, 0.2) is 6.29 Å². The number of aromatic nitrogens is 1. The third-order valence-corrected chi connectivity index (χ3v) is 9.51. The summed E-state index contributed by atoms with van der Waals surface area (Å²) in [6.07, 6.45) is 10.2. The summed E-state index contributed by atoms with van der Waals surface area (Å²) in [6.45, 7) is 10.8. The van der Waals surface area contributed by atoms with Crippen LogP contribution >= 0.6 is 11.3 Å². The summed E-state index contributed by atoms with van der Waals surface area (Å²) >= 11 is 1.51. The Balaban J connectivity index is 1.52. The van der Waals surface area contributed by atoms with E-state index >= 15 is 0 Å². The molecule has 1 aromatic carbocycles. The van der Waals surface area contributed by atoms with Crippen molar-refractivity contribution in [3.63, 3.8) is 0 Å². The summed E-state index contributed by atoms with van der Waals surface area (Å²) in [6, 6.07) is 8.25. The molecule has 7 nitrogen and oxygen atoms in total. The van der Waals surface area contributed by atoms with Gasteiger partial charge in [-0.15, -0.1) is 11.3 Å². The Hall–Kier alpha value is -2.71. The maximum Gasteiger partial charge on any atom is 0.258 e. The Bertz CT molecular complexity index is 1400. The van der Waals surface area contributed by atoms with Gasteiger partial charge < -0.3 is 10.6 Å². The molecule has 1 unspecified atom stereocenters. The highest BCUT2D eigenvalue weighted by Crippen LogP contribution is 2.34. The second-order valence-electron chi connectivity index (χ2n) is 11.6. The maximum atomic E-state index is 13.9. The molecule has 2 aliphatic rings. The van der Waals surface area contributed by atoms with Gasteiger partial charge in [0.25, 0.3) is 5.91 Å². The van der Waals surface area contributed by atoms with Crippen LogP contribution in [0.15, 0.2) is 34.1 Å². The molecular formula is C31H43N5O2S. The van der Waals surface area contributed by atoms with Gasteiger partial charge in [-0.2, -0.15) is 0 Å². The molecule has 5 rings (SSSR count). The van der Waals surface area contributed by atoms with Crippen LogP contribution in [-0.2, 0) is 0 Å². The number of hydrogen-bond donors (Lipinski definition) is 2. The van der Waals surface area contributed by atoms with E-state index in [0.29, 0.717) is 16.3 Å². The zero-order chi connectivity index (χ0) is 27.5. The molecule has 210 valence electrons. The van der Waals surface area contributed by atoms with Gasteiger partial charge in [-0.1, -0.05) is 46.2 Å². The number of fused-ring (bicyclic) bond motifs is 5. The molecule has 1 aliphatic heterocycles. The van der Waals surface area contributed by atoms with E-state index in [1.807, 2.05) is 12.1 Å². The van der Waals surface area contributed by atoms with Gasteiger partial charge >= 0.3 is 0 Å². The van der Waals surface area contributed by atoms with Crippen molar-refractivity contribution in [3.05, 3.63) is 45.6 Å². The Labute approximate surface area is 235 Å². The predicted octanol–water partition coefficient (Wildman–Crippen LogP) is 6.49. The minimum Gasteiger partial charge on any atom is -0.349 e. The van der Waals surface area contributed by atoms with E-state index in [9.17, 15) is 9.59 Å². The Morgan fingerprint density at radius 1 is 1.18 bits per heavy atom. The number of benzene rings is 1. The van der Waals surface area contributed by atoms with Crippen molar-refractivity contribution in [1.82, 2.24) is 14.6 Å². The van der Waals surface area contributed by atoms with E-state index in [-0.39, 0.29) is 29.2 Å². The number of nitrogens with one attached hydrogen (secondary N) is 2. The van der Waals surface area contributed by atoms with E-state index in [0.717, 1.165) is 73.6 Å². The number of amides is 1. The lowest BCUT2D eigenvalue weighted by Crippen LogP contribution is -2.44. The third kappa shape index (κ3) is 5.78. The summed E-state index contributed by atoms with van der Waals surface area (Å²) < 4.78 is 3.13. The fourth-order valence-electron chi connectivity index (χ4n) is 6.10.